The smallest absolute Gasteiger partial charge is 0.308 e. The molecule has 0 bridgehead atoms. The molecule has 0 atom stereocenters. The third kappa shape index (κ3) is 5.76. The number of carbonyl (C=O) groups excluding carboxylic acids is 2. The average Bonchev–Trinajstić information content (AvgIpc) is 3.48. The van der Waals surface area contributed by atoms with E-state index in [1.807, 2.05) is 13.8 Å². The van der Waals surface area contributed by atoms with Crippen LogP contribution in [0.2, 0.25) is 0 Å². The molecule has 0 spiro atoms. The molecule has 0 saturated carbocycles. The molecule has 0 aliphatic rings. The van der Waals surface area contributed by atoms with Crippen LogP contribution in [0.5, 0.6) is 17.4 Å². The summed E-state index contributed by atoms with van der Waals surface area (Å²) in [6.45, 7) is 3.75. The second-order valence-electron chi connectivity index (χ2n) is 7.52. The molecule has 0 radical (unpaired) electrons. The fourth-order valence-corrected chi connectivity index (χ4v) is 2.90. The Morgan fingerprint density at radius 3 is 2.51 bits per heavy atom. The first kappa shape index (κ1) is 23.4. The monoisotopic (exact) mass is 478 g/mol. The number of nitrogens with zero attached hydrogens (tertiary/aromatic N) is 6. The fourth-order valence-electron chi connectivity index (χ4n) is 2.90. The number of hydrogen-bond acceptors (Lipinski definition) is 10. The van der Waals surface area contributed by atoms with Crippen LogP contribution in [0.3, 0.4) is 0 Å². The van der Waals surface area contributed by atoms with Crippen molar-refractivity contribution in [2.24, 2.45) is 7.05 Å². The molecular weight excluding hydrogens is 456 g/mol. The number of ether oxygens (including phenoxy) is 2. The van der Waals surface area contributed by atoms with Gasteiger partial charge in [0.25, 0.3) is 11.8 Å². The van der Waals surface area contributed by atoms with E-state index in [-0.39, 0.29) is 35.4 Å². The first-order valence-corrected chi connectivity index (χ1v) is 10.5. The van der Waals surface area contributed by atoms with Gasteiger partial charge in [0.05, 0.1) is 18.5 Å². The summed E-state index contributed by atoms with van der Waals surface area (Å²) in [6.07, 6.45) is 4.31. The second kappa shape index (κ2) is 9.99. The number of anilines is 1. The van der Waals surface area contributed by atoms with E-state index in [9.17, 15) is 9.59 Å². The summed E-state index contributed by atoms with van der Waals surface area (Å²) >= 11 is 0. The van der Waals surface area contributed by atoms with Gasteiger partial charge in [-0.15, -0.1) is 10.2 Å². The van der Waals surface area contributed by atoms with Gasteiger partial charge < -0.3 is 24.5 Å². The van der Waals surface area contributed by atoms with Crippen LogP contribution in [0, 0.1) is 0 Å². The highest BCUT2D eigenvalue weighted by molar-refractivity contribution is 6.04. The van der Waals surface area contributed by atoms with E-state index in [2.05, 4.69) is 35.9 Å². The topological polar surface area (TPSA) is 159 Å². The highest BCUT2D eigenvalue weighted by Crippen LogP contribution is 2.28. The molecule has 0 saturated heterocycles. The summed E-state index contributed by atoms with van der Waals surface area (Å²) in [5.41, 5.74) is 0.563. The number of aromatic nitrogens is 6. The molecule has 0 fully saturated rings. The Morgan fingerprint density at radius 1 is 1.06 bits per heavy atom. The molecule has 0 aliphatic carbocycles. The average molecular weight is 478 g/mol. The zero-order chi connectivity index (χ0) is 24.9. The van der Waals surface area contributed by atoms with E-state index >= 15 is 0 Å². The lowest BCUT2D eigenvalue weighted by Crippen LogP contribution is -2.17. The molecule has 13 nitrogen and oxygen atoms in total. The van der Waals surface area contributed by atoms with Gasteiger partial charge in [-0.2, -0.15) is 5.10 Å². The van der Waals surface area contributed by atoms with Crippen molar-refractivity contribution in [2.45, 2.75) is 20.0 Å². The van der Waals surface area contributed by atoms with Crippen LogP contribution in [-0.2, 0) is 7.05 Å². The SMILES string of the molecule is CNC(=O)c1nnc(-c2cnc(Oc3cc(OC(C)C)cc(C(=O)Nc4ccn(C)n4)c3)cn2)o1. The van der Waals surface area contributed by atoms with Crippen molar-refractivity contribution in [3.63, 3.8) is 0 Å². The van der Waals surface area contributed by atoms with Crippen LogP contribution in [0.4, 0.5) is 5.82 Å². The minimum atomic E-state index is -0.511. The quantitative estimate of drug-likeness (QED) is 0.385. The molecule has 0 unspecified atom stereocenters. The van der Waals surface area contributed by atoms with Gasteiger partial charge in [0.15, 0.2) is 5.82 Å². The van der Waals surface area contributed by atoms with Gasteiger partial charge in [-0.3, -0.25) is 14.3 Å². The number of hydrogen-bond donors (Lipinski definition) is 2. The summed E-state index contributed by atoms with van der Waals surface area (Å²) in [6, 6.07) is 6.48. The molecule has 3 heterocycles. The van der Waals surface area contributed by atoms with Gasteiger partial charge in [0, 0.05) is 38.0 Å². The van der Waals surface area contributed by atoms with Gasteiger partial charge >= 0.3 is 11.8 Å². The number of amides is 2. The summed E-state index contributed by atoms with van der Waals surface area (Å²) < 4.78 is 18.4. The van der Waals surface area contributed by atoms with Crippen LogP contribution in [0.25, 0.3) is 11.6 Å². The normalized spacial score (nSPS) is 10.8. The van der Waals surface area contributed by atoms with Crippen LogP contribution in [-0.4, -0.2) is 54.9 Å². The van der Waals surface area contributed by atoms with Crippen molar-refractivity contribution in [3.8, 4) is 29.0 Å². The number of carbonyl (C=O) groups is 2. The zero-order valence-electron chi connectivity index (χ0n) is 19.3. The molecule has 3 aromatic heterocycles. The van der Waals surface area contributed by atoms with E-state index in [0.717, 1.165) is 0 Å². The molecule has 13 heteroatoms. The highest BCUT2D eigenvalue weighted by Gasteiger charge is 2.17. The van der Waals surface area contributed by atoms with Crippen LogP contribution in [0.15, 0.2) is 47.3 Å². The van der Waals surface area contributed by atoms with Gasteiger partial charge in [-0.1, -0.05) is 0 Å². The number of nitrogens with one attached hydrogen (secondary N) is 2. The molecule has 2 N–H and O–H groups in total. The lowest BCUT2D eigenvalue weighted by molar-refractivity contribution is 0.0928. The van der Waals surface area contributed by atoms with Gasteiger partial charge in [-0.05, 0) is 26.0 Å². The molecule has 1 aromatic carbocycles. The van der Waals surface area contributed by atoms with E-state index in [1.54, 1.807) is 42.2 Å². The standard InChI is InChI=1S/C22H22N8O5/c1-12(2)33-14-7-13(19(31)26-17-5-6-30(4)29-17)8-15(9-14)34-18-11-24-16(10-25-18)21-27-28-22(35-21)20(32)23-3/h5-12H,1-4H3,(H,23,32)(H,26,29,31). The first-order chi connectivity index (χ1) is 16.8. The largest absolute Gasteiger partial charge is 0.491 e. The summed E-state index contributed by atoms with van der Waals surface area (Å²) in [5.74, 6) is 0.272. The van der Waals surface area contributed by atoms with E-state index in [0.29, 0.717) is 22.9 Å². The highest BCUT2D eigenvalue weighted by atomic mass is 16.5. The lowest BCUT2D eigenvalue weighted by Gasteiger charge is -2.13. The van der Waals surface area contributed by atoms with Gasteiger partial charge in [-0.25, -0.2) is 9.97 Å². The molecule has 4 rings (SSSR count). The maximum Gasteiger partial charge on any atom is 0.308 e. The van der Waals surface area contributed by atoms with E-state index in [4.69, 9.17) is 13.9 Å². The molecule has 2 amide bonds. The number of rotatable bonds is 8. The van der Waals surface area contributed by atoms with Crippen molar-refractivity contribution in [1.29, 1.82) is 0 Å². The molecule has 180 valence electrons. The Bertz CT molecular complexity index is 1350. The van der Waals surface area contributed by atoms with E-state index in [1.165, 1.54) is 19.4 Å². The predicted molar refractivity (Wildman–Crippen MR) is 122 cm³/mol. The Labute approximate surface area is 199 Å². The minimum Gasteiger partial charge on any atom is -0.491 e. The van der Waals surface area contributed by atoms with Crippen molar-refractivity contribution in [2.75, 3.05) is 12.4 Å². The summed E-state index contributed by atoms with van der Waals surface area (Å²) in [7, 11) is 3.21. The minimum absolute atomic E-state index is 0.0310. The molecular formula is C22H22N8O5. The molecule has 4 aromatic rings. The number of benzene rings is 1. The molecule has 35 heavy (non-hydrogen) atoms. The molecule has 0 aliphatic heterocycles. The third-order valence-corrected chi connectivity index (χ3v) is 4.39. The van der Waals surface area contributed by atoms with E-state index < -0.39 is 5.91 Å². The zero-order valence-corrected chi connectivity index (χ0v) is 19.3. The van der Waals surface area contributed by atoms with Crippen LogP contribution in [0.1, 0.15) is 34.9 Å². The number of aryl methyl sites for hydroxylation is 1. The van der Waals surface area contributed by atoms with Crippen molar-refractivity contribution in [1.82, 2.24) is 35.3 Å². The second-order valence-corrected chi connectivity index (χ2v) is 7.52. The summed E-state index contributed by atoms with van der Waals surface area (Å²) in [5, 5.41) is 16.7. The van der Waals surface area contributed by atoms with Crippen molar-refractivity contribution < 1.29 is 23.5 Å². The third-order valence-electron chi connectivity index (χ3n) is 4.39. The predicted octanol–water partition coefficient (Wildman–Crippen LogP) is 2.45. The summed E-state index contributed by atoms with van der Waals surface area (Å²) in [4.78, 5) is 32.8. The Kier molecular flexibility index (Phi) is 6.66. The van der Waals surface area contributed by atoms with Crippen LogP contribution >= 0.6 is 0 Å². The maximum atomic E-state index is 12.8. The Balaban J connectivity index is 1.54. The van der Waals surface area contributed by atoms with Crippen LogP contribution < -0.4 is 20.1 Å². The maximum absolute atomic E-state index is 12.8. The lowest BCUT2D eigenvalue weighted by atomic mass is 10.2. The Hall–Kier alpha value is -4.81. The fraction of sp³-hybridized carbons (Fsp3) is 0.227. The van der Waals surface area contributed by atoms with Gasteiger partial charge in [0.1, 0.15) is 17.2 Å². The first-order valence-electron chi connectivity index (χ1n) is 10.5. The Morgan fingerprint density at radius 2 is 1.86 bits per heavy atom. The van der Waals surface area contributed by atoms with Gasteiger partial charge in [0.2, 0.25) is 5.88 Å². The van der Waals surface area contributed by atoms with Crippen molar-refractivity contribution in [3.05, 3.63) is 54.3 Å². The van der Waals surface area contributed by atoms with Crippen molar-refractivity contribution >= 4 is 17.6 Å².